The number of nitrogens with two attached hydrogens (primary N) is 1. The van der Waals surface area contributed by atoms with Gasteiger partial charge in [-0.05, 0) is 48.0 Å². The average Bonchev–Trinajstić information content (AvgIpc) is 2.58. The first kappa shape index (κ1) is 28.1. The molecule has 0 saturated heterocycles. The van der Waals surface area contributed by atoms with Gasteiger partial charge in [0.25, 0.3) is 0 Å². The fraction of sp³-hybridized carbons (Fsp3) is 0.850. The topological polar surface area (TPSA) is 138 Å². The summed E-state index contributed by atoms with van der Waals surface area (Å²) >= 11 is 0. The van der Waals surface area contributed by atoms with Gasteiger partial charge in [0, 0.05) is 19.5 Å². The van der Waals surface area contributed by atoms with Gasteiger partial charge in [-0.25, -0.2) is 4.79 Å². The summed E-state index contributed by atoms with van der Waals surface area (Å²) in [5.41, 5.74) is 4.69. The fourth-order valence-electron chi connectivity index (χ4n) is 2.04. The van der Waals surface area contributed by atoms with E-state index in [1.807, 2.05) is 0 Å². The van der Waals surface area contributed by atoms with Crippen LogP contribution < -0.4 is 16.4 Å². The number of hydrogen-bond acceptors (Lipinski definition) is 8. The Morgan fingerprint density at radius 3 is 1.80 bits per heavy atom. The lowest BCUT2D eigenvalue weighted by Crippen LogP contribution is -2.42. The van der Waals surface area contributed by atoms with Crippen LogP contribution in [0.15, 0.2) is 0 Å². The van der Waals surface area contributed by atoms with Gasteiger partial charge in [-0.2, -0.15) is 0 Å². The molecule has 0 spiro atoms. The third-order valence-corrected chi connectivity index (χ3v) is 3.25. The van der Waals surface area contributed by atoms with Gasteiger partial charge in [-0.1, -0.05) is 0 Å². The number of ether oxygens (including phenoxy) is 4. The number of hydrogen-bond donors (Lipinski definition) is 3. The number of amides is 2. The summed E-state index contributed by atoms with van der Waals surface area (Å²) in [6.07, 6.45) is -0.183. The van der Waals surface area contributed by atoms with Crippen LogP contribution >= 0.6 is 0 Å². The van der Waals surface area contributed by atoms with Gasteiger partial charge >= 0.3 is 12.1 Å². The van der Waals surface area contributed by atoms with Gasteiger partial charge in [0.1, 0.15) is 11.2 Å². The summed E-state index contributed by atoms with van der Waals surface area (Å²) in [6, 6.07) is -0.779. The Bertz CT molecular complexity index is 527. The van der Waals surface area contributed by atoms with Crippen molar-refractivity contribution < 1.29 is 33.3 Å². The molecule has 0 saturated carbocycles. The first-order chi connectivity index (χ1) is 13.8. The summed E-state index contributed by atoms with van der Waals surface area (Å²) in [5.74, 6) is -0.720. The summed E-state index contributed by atoms with van der Waals surface area (Å²) in [5, 5.41) is 5.24. The molecule has 0 radical (unpaired) electrons. The predicted molar refractivity (Wildman–Crippen MR) is 112 cm³/mol. The molecule has 1 atom stereocenters. The molecule has 0 aliphatic rings. The number of carbonyl (C=O) groups excluding carboxylic acids is 3. The number of alkyl carbamates (subject to hydrolysis) is 1. The number of esters is 1. The Kier molecular flexibility index (Phi) is 13.3. The van der Waals surface area contributed by atoms with Crippen molar-refractivity contribution in [2.45, 2.75) is 71.6 Å². The Morgan fingerprint density at radius 2 is 1.30 bits per heavy atom. The molecule has 10 nitrogen and oxygen atoms in total. The highest BCUT2D eigenvalue weighted by molar-refractivity contribution is 5.82. The third kappa shape index (κ3) is 18.1. The second-order valence-corrected chi connectivity index (χ2v) is 8.68. The van der Waals surface area contributed by atoms with Gasteiger partial charge in [0.2, 0.25) is 5.91 Å². The van der Waals surface area contributed by atoms with Gasteiger partial charge in [-0.3, -0.25) is 9.59 Å². The van der Waals surface area contributed by atoms with Gasteiger partial charge < -0.3 is 35.3 Å². The predicted octanol–water partition coefficient (Wildman–Crippen LogP) is 1.11. The second-order valence-electron chi connectivity index (χ2n) is 8.68. The maximum atomic E-state index is 11.9. The quantitative estimate of drug-likeness (QED) is 0.290. The molecule has 0 aromatic carbocycles. The van der Waals surface area contributed by atoms with Crippen molar-refractivity contribution in [3.8, 4) is 0 Å². The zero-order chi connectivity index (χ0) is 23.2. The minimum Gasteiger partial charge on any atom is -0.460 e. The molecule has 0 unspecified atom stereocenters. The summed E-state index contributed by atoms with van der Waals surface area (Å²) in [6.45, 7) is 12.7. The lowest BCUT2D eigenvalue weighted by molar-refractivity contribution is -0.155. The van der Waals surface area contributed by atoms with E-state index in [0.29, 0.717) is 39.5 Å². The first-order valence-corrected chi connectivity index (χ1v) is 10.2. The lowest BCUT2D eigenvalue weighted by Gasteiger charge is -2.20. The van der Waals surface area contributed by atoms with Crippen LogP contribution in [0.5, 0.6) is 0 Å². The van der Waals surface area contributed by atoms with Crippen LogP contribution in [0.25, 0.3) is 0 Å². The molecule has 0 heterocycles. The molecular weight excluding hydrogens is 394 g/mol. The zero-order valence-corrected chi connectivity index (χ0v) is 19.2. The maximum Gasteiger partial charge on any atom is 0.407 e. The molecule has 0 bridgehead atoms. The van der Waals surface area contributed by atoms with E-state index in [0.717, 1.165) is 0 Å². The van der Waals surface area contributed by atoms with E-state index in [-0.39, 0.29) is 24.7 Å². The summed E-state index contributed by atoms with van der Waals surface area (Å²) in [7, 11) is 0. The van der Waals surface area contributed by atoms with E-state index in [2.05, 4.69) is 10.6 Å². The Hall–Kier alpha value is -1.91. The molecule has 0 fully saturated rings. The Balaban J connectivity index is 3.60. The van der Waals surface area contributed by atoms with Gasteiger partial charge in [0.15, 0.2) is 0 Å². The van der Waals surface area contributed by atoms with Crippen molar-refractivity contribution in [2.75, 3.05) is 39.5 Å². The highest BCUT2D eigenvalue weighted by Gasteiger charge is 2.19. The van der Waals surface area contributed by atoms with Crippen LogP contribution in [0, 0.1) is 0 Å². The van der Waals surface area contributed by atoms with Crippen LogP contribution in [0.1, 0.15) is 54.4 Å². The van der Waals surface area contributed by atoms with Crippen molar-refractivity contribution in [3.63, 3.8) is 0 Å². The smallest absolute Gasteiger partial charge is 0.407 e. The normalized spacial score (nSPS) is 12.8. The average molecular weight is 434 g/mol. The molecule has 2 amide bonds. The standard InChI is InChI=1S/C20H39N3O7/c1-19(2,3)29-16(24)8-7-15(21)17(25)22-9-11-27-13-14-28-12-10-23-18(26)30-20(4,5)6/h15H,7-14,21H2,1-6H3,(H,22,25)(H,23,26)/t15-/m0/s1. The highest BCUT2D eigenvalue weighted by Crippen LogP contribution is 2.09. The van der Waals surface area contributed by atoms with Crippen molar-refractivity contribution in [1.29, 1.82) is 0 Å². The largest absolute Gasteiger partial charge is 0.460 e. The van der Waals surface area contributed by atoms with E-state index in [1.54, 1.807) is 41.5 Å². The molecular formula is C20H39N3O7. The van der Waals surface area contributed by atoms with Crippen LogP contribution in [-0.4, -0.2) is 74.7 Å². The molecule has 0 aliphatic carbocycles. The molecule has 176 valence electrons. The van der Waals surface area contributed by atoms with Crippen molar-refractivity contribution in [2.24, 2.45) is 5.73 Å². The lowest BCUT2D eigenvalue weighted by atomic mass is 10.1. The number of rotatable bonds is 13. The fourth-order valence-corrected chi connectivity index (χ4v) is 2.04. The van der Waals surface area contributed by atoms with E-state index >= 15 is 0 Å². The Morgan fingerprint density at radius 1 is 0.800 bits per heavy atom. The molecule has 4 N–H and O–H groups in total. The summed E-state index contributed by atoms with van der Waals surface area (Å²) in [4.78, 5) is 34.9. The molecule has 10 heteroatoms. The minimum atomic E-state index is -0.779. The monoisotopic (exact) mass is 433 g/mol. The number of nitrogens with one attached hydrogen (secondary N) is 2. The Labute approximate surface area is 179 Å². The highest BCUT2D eigenvalue weighted by atomic mass is 16.6. The third-order valence-electron chi connectivity index (χ3n) is 3.25. The van der Waals surface area contributed by atoms with E-state index in [9.17, 15) is 14.4 Å². The second kappa shape index (κ2) is 14.2. The van der Waals surface area contributed by atoms with Crippen LogP contribution in [0.4, 0.5) is 4.79 Å². The van der Waals surface area contributed by atoms with Crippen LogP contribution in [-0.2, 0) is 28.5 Å². The zero-order valence-electron chi connectivity index (χ0n) is 19.2. The maximum absolute atomic E-state index is 11.9. The minimum absolute atomic E-state index is 0.0858. The summed E-state index contributed by atoms with van der Waals surface area (Å²) < 4.78 is 20.9. The number of carbonyl (C=O) groups is 3. The molecule has 0 aromatic heterocycles. The van der Waals surface area contributed by atoms with E-state index in [4.69, 9.17) is 24.7 Å². The SMILES string of the molecule is CC(C)(C)OC(=O)CC[C@H](N)C(=O)NCCOCCOCCNC(=O)OC(C)(C)C. The molecule has 0 rings (SSSR count). The van der Waals surface area contributed by atoms with Crippen molar-refractivity contribution in [1.82, 2.24) is 10.6 Å². The first-order valence-electron chi connectivity index (χ1n) is 10.2. The van der Waals surface area contributed by atoms with Crippen LogP contribution in [0.2, 0.25) is 0 Å². The molecule has 0 aromatic rings. The molecule has 30 heavy (non-hydrogen) atoms. The van der Waals surface area contributed by atoms with E-state index < -0.39 is 23.3 Å². The van der Waals surface area contributed by atoms with Gasteiger partial charge in [0.05, 0.1) is 32.5 Å². The van der Waals surface area contributed by atoms with Crippen LogP contribution in [0.3, 0.4) is 0 Å². The van der Waals surface area contributed by atoms with Crippen molar-refractivity contribution >= 4 is 18.0 Å². The molecule has 0 aliphatic heterocycles. The van der Waals surface area contributed by atoms with E-state index in [1.165, 1.54) is 0 Å². The van der Waals surface area contributed by atoms with Gasteiger partial charge in [-0.15, -0.1) is 0 Å². The van der Waals surface area contributed by atoms with Crippen molar-refractivity contribution in [3.05, 3.63) is 0 Å².